The maximum absolute atomic E-state index is 12.7. The van der Waals surface area contributed by atoms with Crippen molar-refractivity contribution in [2.45, 2.75) is 25.9 Å². The quantitative estimate of drug-likeness (QED) is 0.437. The molecule has 0 heterocycles. The highest BCUT2D eigenvalue weighted by molar-refractivity contribution is 6.16. The number of carbonyl (C=O) groups excluding carboxylic acids is 1. The third kappa shape index (κ3) is 7.87. The van der Waals surface area contributed by atoms with Gasteiger partial charge in [-0.3, -0.25) is 0 Å². The van der Waals surface area contributed by atoms with Gasteiger partial charge >= 0.3 is 18.1 Å². The number of carboxylic acid groups (broad SMARTS) is 1. The van der Waals surface area contributed by atoms with Crippen LogP contribution in [0.5, 0.6) is 5.75 Å². The molecule has 0 aliphatic rings. The average molecular weight is 374 g/mol. The Hall–Kier alpha value is -2.77. The fourth-order valence-electron chi connectivity index (χ4n) is 1.63. The van der Waals surface area contributed by atoms with Crippen molar-refractivity contribution in [2.24, 2.45) is 0 Å². The minimum Gasteiger partial charge on any atom is -0.493 e. The van der Waals surface area contributed by atoms with E-state index in [2.05, 4.69) is 17.9 Å². The second-order valence-corrected chi connectivity index (χ2v) is 4.92. The lowest BCUT2D eigenvalue weighted by Crippen LogP contribution is -2.09. The minimum absolute atomic E-state index is 0.0197. The van der Waals surface area contributed by atoms with Crippen LogP contribution in [-0.4, -0.2) is 30.8 Å². The number of hydrogen-bond donors (Lipinski definition) is 1. The number of esters is 1. The Bertz CT molecular complexity index is 651. The molecule has 0 amide bonds. The molecule has 0 unspecified atom stereocenters. The van der Waals surface area contributed by atoms with E-state index in [4.69, 9.17) is 9.84 Å². The van der Waals surface area contributed by atoms with Crippen LogP contribution in [0.15, 0.2) is 37.4 Å². The Morgan fingerprint density at radius 2 is 1.88 bits per heavy atom. The summed E-state index contributed by atoms with van der Waals surface area (Å²) in [5, 5.41) is 7.60. The van der Waals surface area contributed by atoms with Crippen LogP contribution in [0.2, 0.25) is 0 Å². The molecule has 1 aromatic rings. The second kappa shape index (κ2) is 11.0. The number of rotatable bonds is 7. The molecule has 0 spiro atoms. The number of aliphatic carboxylic acids is 1. The van der Waals surface area contributed by atoms with Gasteiger partial charge in [0, 0.05) is 11.6 Å². The number of carboxylic acids is 1. The zero-order chi connectivity index (χ0) is 20.3. The first kappa shape index (κ1) is 23.2. The van der Waals surface area contributed by atoms with E-state index in [1.54, 1.807) is 0 Å². The maximum Gasteiger partial charge on any atom is 0.416 e. The molecule has 0 bridgehead atoms. The van der Waals surface area contributed by atoms with E-state index >= 15 is 0 Å². The van der Waals surface area contributed by atoms with Gasteiger partial charge in [0.25, 0.3) is 0 Å². The molecule has 5 nitrogen and oxygen atoms in total. The molecule has 1 N–H and O–H groups in total. The van der Waals surface area contributed by atoms with Crippen molar-refractivity contribution in [3.05, 3.63) is 48.6 Å². The van der Waals surface area contributed by atoms with Gasteiger partial charge in [0.05, 0.1) is 24.9 Å². The average Bonchev–Trinajstić information content (AvgIpc) is 2.60. The number of benzene rings is 1. The summed E-state index contributed by atoms with van der Waals surface area (Å²) in [6.07, 6.45) is -2.11. The van der Waals surface area contributed by atoms with Crippen LogP contribution in [0.4, 0.5) is 13.2 Å². The summed E-state index contributed by atoms with van der Waals surface area (Å²) < 4.78 is 48.1. The fourth-order valence-corrected chi connectivity index (χ4v) is 1.63. The highest BCUT2D eigenvalue weighted by atomic mass is 19.4. The SMILES string of the molecule is C=C(C(=O)OC)c1ccc(C(F)(F)F)cc1OCCCC.C=CC(=O)O. The van der Waals surface area contributed by atoms with Crippen molar-refractivity contribution in [3.63, 3.8) is 0 Å². The normalized spacial score (nSPS) is 10.2. The van der Waals surface area contributed by atoms with Crippen molar-refractivity contribution in [2.75, 3.05) is 13.7 Å². The molecule has 0 radical (unpaired) electrons. The molecule has 8 heteroatoms. The van der Waals surface area contributed by atoms with Crippen LogP contribution in [0.1, 0.15) is 30.9 Å². The van der Waals surface area contributed by atoms with Gasteiger partial charge in [0.1, 0.15) is 5.75 Å². The van der Waals surface area contributed by atoms with Crippen molar-refractivity contribution >= 4 is 17.5 Å². The lowest BCUT2D eigenvalue weighted by Gasteiger charge is -2.15. The fraction of sp³-hybridized carbons (Fsp3) is 0.333. The number of alkyl halides is 3. The Labute approximate surface area is 149 Å². The van der Waals surface area contributed by atoms with Gasteiger partial charge in [-0.2, -0.15) is 13.2 Å². The molecule has 0 atom stereocenters. The minimum atomic E-state index is -4.48. The van der Waals surface area contributed by atoms with Crippen LogP contribution in [0.25, 0.3) is 5.57 Å². The molecule has 144 valence electrons. The molecule has 1 aromatic carbocycles. The largest absolute Gasteiger partial charge is 0.493 e. The van der Waals surface area contributed by atoms with Crippen molar-refractivity contribution in [1.82, 2.24) is 0 Å². The van der Waals surface area contributed by atoms with E-state index in [9.17, 15) is 22.8 Å². The van der Waals surface area contributed by atoms with Gasteiger partial charge in [-0.25, -0.2) is 9.59 Å². The van der Waals surface area contributed by atoms with Crippen LogP contribution in [0.3, 0.4) is 0 Å². The van der Waals surface area contributed by atoms with Gasteiger partial charge in [-0.1, -0.05) is 26.5 Å². The van der Waals surface area contributed by atoms with Gasteiger partial charge < -0.3 is 14.6 Å². The van der Waals surface area contributed by atoms with Crippen molar-refractivity contribution in [1.29, 1.82) is 0 Å². The molecule has 0 aliphatic heterocycles. The van der Waals surface area contributed by atoms with Crippen LogP contribution < -0.4 is 4.74 Å². The topological polar surface area (TPSA) is 72.8 Å². The Morgan fingerprint density at radius 1 is 1.31 bits per heavy atom. The standard InChI is InChI=1S/C15H17F3O3.C3H4O2/c1-4-5-8-21-13-9-11(15(16,17)18)6-7-12(13)10(2)14(19)20-3;1-2-3(4)5/h6-7,9H,2,4-5,8H2,1,3H3;2H,1H2,(H,4,5). The summed E-state index contributed by atoms with van der Waals surface area (Å²) in [5.41, 5.74) is -0.681. The molecule has 0 fully saturated rings. The predicted molar refractivity (Wildman–Crippen MR) is 90.7 cm³/mol. The molecular weight excluding hydrogens is 353 g/mol. The molecule has 26 heavy (non-hydrogen) atoms. The number of unbranched alkanes of at least 4 members (excludes halogenated alkanes) is 1. The summed E-state index contributed by atoms with van der Waals surface area (Å²) >= 11 is 0. The van der Waals surface area contributed by atoms with Gasteiger partial charge in [-0.05, 0) is 24.6 Å². The Kier molecular flexibility index (Phi) is 9.80. The van der Waals surface area contributed by atoms with Crippen molar-refractivity contribution in [3.8, 4) is 5.75 Å². The number of ether oxygens (including phenoxy) is 2. The molecule has 1 rings (SSSR count). The number of hydrogen-bond acceptors (Lipinski definition) is 4. The lowest BCUT2D eigenvalue weighted by molar-refractivity contribution is -0.137. The third-order valence-corrected chi connectivity index (χ3v) is 3.00. The van der Waals surface area contributed by atoms with E-state index in [1.165, 1.54) is 13.2 Å². The Morgan fingerprint density at radius 3 is 2.31 bits per heavy atom. The monoisotopic (exact) mass is 374 g/mol. The van der Waals surface area contributed by atoms with Gasteiger partial charge in [0.2, 0.25) is 0 Å². The first-order valence-electron chi connectivity index (χ1n) is 7.55. The lowest BCUT2D eigenvalue weighted by atomic mass is 10.0. The maximum atomic E-state index is 12.7. The zero-order valence-corrected chi connectivity index (χ0v) is 14.6. The Balaban J connectivity index is 0.00000110. The summed E-state index contributed by atoms with van der Waals surface area (Å²) in [4.78, 5) is 20.7. The van der Waals surface area contributed by atoms with Gasteiger partial charge in [-0.15, -0.1) is 0 Å². The highest BCUT2D eigenvalue weighted by Crippen LogP contribution is 2.35. The summed E-state index contributed by atoms with van der Waals surface area (Å²) in [6.45, 7) is 8.70. The van der Waals surface area contributed by atoms with E-state index < -0.39 is 23.7 Å². The third-order valence-electron chi connectivity index (χ3n) is 3.00. The summed E-state index contributed by atoms with van der Waals surface area (Å²) in [7, 11) is 1.18. The summed E-state index contributed by atoms with van der Waals surface area (Å²) in [6, 6.07) is 2.93. The number of methoxy groups -OCH3 is 1. The zero-order valence-electron chi connectivity index (χ0n) is 14.6. The molecule has 0 aliphatic carbocycles. The predicted octanol–water partition coefficient (Wildman–Crippen LogP) is 4.33. The summed E-state index contributed by atoms with van der Waals surface area (Å²) in [5.74, 6) is -1.71. The molecular formula is C18H21F3O5. The van der Waals surface area contributed by atoms with E-state index in [0.717, 1.165) is 24.6 Å². The number of carbonyl (C=O) groups is 2. The van der Waals surface area contributed by atoms with Crippen LogP contribution >= 0.6 is 0 Å². The van der Waals surface area contributed by atoms with E-state index in [0.29, 0.717) is 6.42 Å². The van der Waals surface area contributed by atoms with Crippen LogP contribution in [0, 0.1) is 0 Å². The number of halogens is 3. The second-order valence-electron chi connectivity index (χ2n) is 4.92. The molecule has 0 saturated heterocycles. The first-order valence-corrected chi connectivity index (χ1v) is 7.55. The van der Waals surface area contributed by atoms with Gasteiger partial charge in [0.15, 0.2) is 0 Å². The van der Waals surface area contributed by atoms with Crippen LogP contribution in [-0.2, 0) is 20.5 Å². The van der Waals surface area contributed by atoms with E-state index in [-0.39, 0.29) is 23.5 Å². The first-order chi connectivity index (χ1) is 12.1. The smallest absolute Gasteiger partial charge is 0.416 e. The van der Waals surface area contributed by atoms with E-state index in [1.807, 2.05) is 6.92 Å². The highest BCUT2D eigenvalue weighted by Gasteiger charge is 2.31. The van der Waals surface area contributed by atoms with Crippen molar-refractivity contribution < 1.29 is 37.3 Å². The molecule has 0 aromatic heterocycles. The molecule has 0 saturated carbocycles.